The fourth-order valence-corrected chi connectivity index (χ4v) is 3.28. The highest BCUT2D eigenvalue weighted by Gasteiger charge is 2.38. The lowest BCUT2D eigenvalue weighted by atomic mass is 9.86. The number of nitrogens with zero attached hydrogens (tertiary/aromatic N) is 1. The summed E-state index contributed by atoms with van der Waals surface area (Å²) in [5.74, 6) is 0. The van der Waals surface area contributed by atoms with Gasteiger partial charge in [-0.25, -0.2) is 0 Å². The molecular formula is C14H25NO2. The van der Waals surface area contributed by atoms with Gasteiger partial charge in [0.25, 0.3) is 0 Å². The molecule has 1 aliphatic carbocycles. The van der Waals surface area contributed by atoms with Crippen molar-refractivity contribution in [2.75, 3.05) is 19.7 Å². The number of morpholine rings is 1. The molecule has 1 heterocycles. The highest BCUT2D eigenvalue weighted by molar-refractivity contribution is 5.60. The van der Waals surface area contributed by atoms with Crippen LogP contribution in [0.1, 0.15) is 46.0 Å². The average Bonchev–Trinajstić information content (AvgIpc) is 2.79. The molecule has 2 aliphatic rings. The first-order chi connectivity index (χ1) is 8.19. The largest absolute Gasteiger partial charge is 0.376 e. The predicted octanol–water partition coefficient (Wildman–Crippen LogP) is 2.25. The predicted molar refractivity (Wildman–Crippen MR) is 68.0 cm³/mol. The summed E-state index contributed by atoms with van der Waals surface area (Å²) in [6, 6.07) is 0.503. The number of ether oxygens (including phenoxy) is 1. The zero-order chi connectivity index (χ0) is 12.3. The van der Waals surface area contributed by atoms with Crippen LogP contribution in [0.3, 0.4) is 0 Å². The summed E-state index contributed by atoms with van der Waals surface area (Å²) in [6.45, 7) is 7.09. The number of carbonyl (C=O) groups excluding carboxylic acids is 1. The van der Waals surface area contributed by atoms with Crippen LogP contribution < -0.4 is 0 Å². The minimum Gasteiger partial charge on any atom is -0.376 e. The van der Waals surface area contributed by atoms with Crippen molar-refractivity contribution in [3.05, 3.63) is 0 Å². The Morgan fingerprint density at radius 1 is 1.41 bits per heavy atom. The van der Waals surface area contributed by atoms with E-state index in [9.17, 15) is 4.79 Å². The minimum absolute atomic E-state index is 0.0511. The van der Waals surface area contributed by atoms with E-state index in [-0.39, 0.29) is 5.41 Å². The molecule has 0 aromatic rings. The summed E-state index contributed by atoms with van der Waals surface area (Å²) in [4.78, 5) is 13.9. The van der Waals surface area contributed by atoms with Crippen LogP contribution in [0.2, 0.25) is 0 Å². The van der Waals surface area contributed by atoms with Crippen LogP contribution in [0, 0.1) is 5.41 Å². The van der Waals surface area contributed by atoms with Gasteiger partial charge < -0.3 is 9.53 Å². The molecule has 17 heavy (non-hydrogen) atoms. The minimum atomic E-state index is -0.0511. The number of hydrogen-bond donors (Lipinski definition) is 0. The second-order valence-electron chi connectivity index (χ2n) is 5.82. The van der Waals surface area contributed by atoms with Gasteiger partial charge >= 0.3 is 0 Å². The zero-order valence-corrected chi connectivity index (χ0v) is 11.2. The van der Waals surface area contributed by atoms with Crippen molar-refractivity contribution in [1.29, 1.82) is 0 Å². The quantitative estimate of drug-likeness (QED) is 0.705. The van der Waals surface area contributed by atoms with E-state index in [0.717, 1.165) is 39.0 Å². The van der Waals surface area contributed by atoms with Gasteiger partial charge in [0.1, 0.15) is 6.29 Å². The van der Waals surface area contributed by atoms with Gasteiger partial charge in [-0.3, -0.25) is 4.90 Å². The van der Waals surface area contributed by atoms with E-state index >= 15 is 0 Å². The van der Waals surface area contributed by atoms with Crippen molar-refractivity contribution in [3.63, 3.8) is 0 Å². The normalized spacial score (nSPS) is 33.8. The molecule has 1 aliphatic heterocycles. The Labute approximate surface area is 105 Å². The van der Waals surface area contributed by atoms with Crippen molar-refractivity contribution in [2.45, 2.75) is 58.1 Å². The molecule has 0 amide bonds. The van der Waals surface area contributed by atoms with Crippen LogP contribution in [0.5, 0.6) is 0 Å². The number of carbonyl (C=O) groups is 1. The van der Waals surface area contributed by atoms with Crippen LogP contribution >= 0.6 is 0 Å². The third-order valence-electron chi connectivity index (χ3n) is 4.42. The zero-order valence-electron chi connectivity index (χ0n) is 11.2. The maximum Gasteiger partial charge on any atom is 0.127 e. The topological polar surface area (TPSA) is 29.5 Å². The van der Waals surface area contributed by atoms with Crippen LogP contribution in [-0.4, -0.2) is 43.0 Å². The Bertz CT molecular complexity index is 261. The van der Waals surface area contributed by atoms with Gasteiger partial charge in [-0.1, -0.05) is 19.8 Å². The summed E-state index contributed by atoms with van der Waals surface area (Å²) in [6.07, 6.45) is 7.25. The average molecular weight is 239 g/mol. The smallest absolute Gasteiger partial charge is 0.127 e. The maximum atomic E-state index is 11.4. The molecule has 0 aromatic heterocycles. The summed E-state index contributed by atoms with van der Waals surface area (Å²) in [5, 5.41) is 0. The molecule has 0 N–H and O–H groups in total. The Kier molecular flexibility index (Phi) is 4.21. The summed E-state index contributed by atoms with van der Waals surface area (Å²) < 4.78 is 5.71. The molecule has 3 nitrogen and oxygen atoms in total. The molecule has 2 atom stereocenters. The molecule has 0 bridgehead atoms. The van der Waals surface area contributed by atoms with Gasteiger partial charge in [-0.2, -0.15) is 0 Å². The molecule has 98 valence electrons. The first-order valence-electron chi connectivity index (χ1n) is 7.01. The van der Waals surface area contributed by atoms with E-state index < -0.39 is 0 Å². The maximum absolute atomic E-state index is 11.4. The van der Waals surface area contributed by atoms with Crippen LogP contribution in [-0.2, 0) is 9.53 Å². The Morgan fingerprint density at radius 3 is 2.71 bits per heavy atom. The van der Waals surface area contributed by atoms with Gasteiger partial charge in [-0.15, -0.1) is 0 Å². The summed E-state index contributed by atoms with van der Waals surface area (Å²) in [7, 11) is 0. The Morgan fingerprint density at radius 2 is 2.12 bits per heavy atom. The first kappa shape index (κ1) is 13.0. The number of rotatable bonds is 4. The molecule has 1 saturated carbocycles. The molecule has 0 radical (unpaired) electrons. The number of hydrogen-bond acceptors (Lipinski definition) is 3. The summed E-state index contributed by atoms with van der Waals surface area (Å²) >= 11 is 0. The molecule has 0 aromatic carbocycles. The van der Waals surface area contributed by atoms with Gasteiger partial charge in [-0.05, 0) is 26.2 Å². The third-order valence-corrected chi connectivity index (χ3v) is 4.42. The molecule has 2 fully saturated rings. The van der Waals surface area contributed by atoms with Gasteiger partial charge in [0.15, 0.2) is 0 Å². The van der Waals surface area contributed by atoms with Gasteiger partial charge in [0.05, 0.1) is 12.7 Å². The van der Waals surface area contributed by atoms with E-state index in [0.29, 0.717) is 12.1 Å². The monoisotopic (exact) mass is 239 g/mol. The molecule has 3 heteroatoms. The second-order valence-corrected chi connectivity index (χ2v) is 5.82. The van der Waals surface area contributed by atoms with Crippen molar-refractivity contribution in [2.24, 2.45) is 5.41 Å². The fourth-order valence-electron chi connectivity index (χ4n) is 3.28. The lowest BCUT2D eigenvalue weighted by molar-refractivity contribution is -0.120. The van der Waals surface area contributed by atoms with Gasteiger partial charge in [0, 0.05) is 24.5 Å². The lowest BCUT2D eigenvalue weighted by Crippen LogP contribution is -2.52. The van der Waals surface area contributed by atoms with Gasteiger partial charge in [0.2, 0.25) is 0 Å². The fraction of sp³-hybridized carbons (Fsp3) is 0.929. The third kappa shape index (κ3) is 2.89. The SMILES string of the molecule is CCC1COC(C)CN1CC1(C=O)CCCC1. The highest BCUT2D eigenvalue weighted by Crippen LogP contribution is 2.37. The molecular weight excluding hydrogens is 214 g/mol. The summed E-state index contributed by atoms with van der Waals surface area (Å²) in [5.41, 5.74) is -0.0511. The van der Waals surface area contributed by atoms with E-state index in [1.54, 1.807) is 0 Å². The lowest BCUT2D eigenvalue weighted by Gasteiger charge is -2.41. The van der Waals surface area contributed by atoms with E-state index in [4.69, 9.17) is 4.74 Å². The van der Waals surface area contributed by atoms with Crippen molar-refractivity contribution in [1.82, 2.24) is 4.90 Å². The highest BCUT2D eigenvalue weighted by atomic mass is 16.5. The van der Waals surface area contributed by atoms with Crippen molar-refractivity contribution < 1.29 is 9.53 Å². The number of aldehydes is 1. The molecule has 2 unspecified atom stereocenters. The van der Waals surface area contributed by atoms with Crippen LogP contribution in [0.15, 0.2) is 0 Å². The Balaban J connectivity index is 2.01. The van der Waals surface area contributed by atoms with Crippen LogP contribution in [0.25, 0.3) is 0 Å². The Hall–Kier alpha value is -0.410. The van der Waals surface area contributed by atoms with Crippen molar-refractivity contribution >= 4 is 6.29 Å². The second kappa shape index (κ2) is 5.49. The van der Waals surface area contributed by atoms with Crippen LogP contribution in [0.4, 0.5) is 0 Å². The molecule has 0 spiro atoms. The molecule has 2 rings (SSSR count). The standard InChI is InChI=1S/C14H25NO2/c1-3-13-9-17-12(2)8-15(13)10-14(11-16)6-4-5-7-14/h11-13H,3-10H2,1-2H3. The van der Waals surface area contributed by atoms with E-state index in [1.807, 2.05) is 0 Å². The first-order valence-corrected chi connectivity index (χ1v) is 7.01. The van der Waals surface area contributed by atoms with E-state index in [1.165, 1.54) is 19.1 Å². The van der Waals surface area contributed by atoms with E-state index in [2.05, 4.69) is 18.7 Å². The molecule has 1 saturated heterocycles. The van der Waals surface area contributed by atoms with Crippen molar-refractivity contribution in [3.8, 4) is 0 Å².